The molecule has 1 N–H and O–H groups in total. The molecular weight excluding hydrogens is 254 g/mol. The van der Waals surface area contributed by atoms with Gasteiger partial charge in [0.05, 0.1) is 6.04 Å². The lowest BCUT2D eigenvalue weighted by Crippen LogP contribution is -2.23. The number of halogens is 2. The molecule has 1 aliphatic heterocycles. The summed E-state index contributed by atoms with van der Waals surface area (Å²) < 4.78 is 25.9. The van der Waals surface area contributed by atoms with E-state index in [4.69, 9.17) is 0 Å². The number of hydrogen-bond acceptors (Lipinski definition) is 3. The maximum Gasteiger partial charge on any atom is 0.161 e. The van der Waals surface area contributed by atoms with Gasteiger partial charge < -0.3 is 5.32 Å². The molecule has 0 bridgehead atoms. The van der Waals surface area contributed by atoms with Crippen molar-refractivity contribution in [2.75, 3.05) is 11.1 Å². The van der Waals surface area contributed by atoms with Gasteiger partial charge in [0.2, 0.25) is 0 Å². The van der Waals surface area contributed by atoms with Gasteiger partial charge in [-0.15, -0.1) is 0 Å². The minimum Gasteiger partial charge on any atom is -0.335 e. The van der Waals surface area contributed by atoms with Crippen molar-refractivity contribution in [2.24, 2.45) is 10.9 Å². The minimum atomic E-state index is -0.846. The van der Waals surface area contributed by atoms with E-state index >= 15 is 0 Å². The number of aliphatic imine (C=N–C) groups is 1. The van der Waals surface area contributed by atoms with Crippen LogP contribution in [0.4, 0.5) is 14.5 Å². The molecule has 1 heterocycles. The van der Waals surface area contributed by atoms with Gasteiger partial charge in [0.15, 0.2) is 16.8 Å². The van der Waals surface area contributed by atoms with E-state index in [1.165, 1.54) is 6.07 Å². The fraction of sp³-hybridized carbons (Fsp3) is 0.462. The Labute approximate surface area is 110 Å². The topological polar surface area (TPSA) is 24.4 Å². The van der Waals surface area contributed by atoms with E-state index in [1.54, 1.807) is 11.8 Å². The van der Waals surface area contributed by atoms with E-state index in [-0.39, 0.29) is 0 Å². The first-order chi connectivity index (χ1) is 8.56. The highest BCUT2D eigenvalue weighted by Crippen LogP contribution is 2.24. The zero-order valence-electron chi connectivity index (χ0n) is 10.4. The number of rotatable bonds is 2. The highest BCUT2D eigenvalue weighted by molar-refractivity contribution is 8.14. The molecule has 1 aliphatic rings. The molecule has 1 aromatic rings. The van der Waals surface area contributed by atoms with Crippen LogP contribution in [0.25, 0.3) is 0 Å². The second kappa shape index (κ2) is 5.69. The molecule has 0 saturated carbocycles. The molecule has 2 rings (SSSR count). The largest absolute Gasteiger partial charge is 0.335 e. The number of hydrogen-bond donors (Lipinski definition) is 1. The van der Waals surface area contributed by atoms with Gasteiger partial charge in [0.25, 0.3) is 0 Å². The van der Waals surface area contributed by atoms with Crippen LogP contribution in [-0.2, 0) is 0 Å². The van der Waals surface area contributed by atoms with Crippen LogP contribution in [0.5, 0.6) is 0 Å². The van der Waals surface area contributed by atoms with Crippen LogP contribution >= 0.6 is 11.8 Å². The Bertz CT molecular complexity index is 460. The van der Waals surface area contributed by atoms with Gasteiger partial charge in [-0.25, -0.2) is 8.78 Å². The summed E-state index contributed by atoms with van der Waals surface area (Å²) in [5.41, 5.74) is 0.532. The summed E-state index contributed by atoms with van der Waals surface area (Å²) in [4.78, 5) is 4.58. The number of thioether (sulfide) groups is 1. The lowest BCUT2D eigenvalue weighted by Gasteiger charge is -2.23. The van der Waals surface area contributed by atoms with E-state index in [0.717, 1.165) is 29.5 Å². The Morgan fingerprint density at radius 3 is 2.78 bits per heavy atom. The summed E-state index contributed by atoms with van der Waals surface area (Å²) in [5, 5.41) is 3.82. The monoisotopic (exact) mass is 270 g/mol. The molecule has 0 amide bonds. The Morgan fingerprint density at radius 2 is 2.11 bits per heavy atom. The summed E-state index contributed by atoms with van der Waals surface area (Å²) in [7, 11) is 0. The second-order valence-electron chi connectivity index (χ2n) is 4.64. The van der Waals surface area contributed by atoms with Crippen LogP contribution in [0.1, 0.15) is 20.3 Å². The summed E-state index contributed by atoms with van der Waals surface area (Å²) in [6.45, 7) is 4.28. The normalized spacial score (nSPS) is 19.8. The van der Waals surface area contributed by atoms with Crippen molar-refractivity contribution in [3.63, 3.8) is 0 Å². The van der Waals surface area contributed by atoms with Crippen molar-refractivity contribution in [1.29, 1.82) is 0 Å². The highest BCUT2D eigenvalue weighted by Gasteiger charge is 2.18. The second-order valence-corrected chi connectivity index (χ2v) is 5.72. The minimum absolute atomic E-state index is 0.305. The van der Waals surface area contributed by atoms with Crippen LogP contribution in [0, 0.1) is 17.6 Å². The Kier molecular flexibility index (Phi) is 4.22. The number of nitrogens with one attached hydrogen (secondary N) is 1. The molecule has 2 nitrogen and oxygen atoms in total. The third kappa shape index (κ3) is 3.22. The van der Waals surface area contributed by atoms with Crippen LogP contribution in [0.3, 0.4) is 0 Å². The molecule has 0 saturated heterocycles. The number of amidine groups is 1. The first-order valence-corrected chi connectivity index (χ1v) is 6.97. The molecule has 1 aromatic carbocycles. The van der Waals surface area contributed by atoms with Crippen molar-refractivity contribution in [2.45, 2.75) is 26.3 Å². The zero-order chi connectivity index (χ0) is 13.1. The predicted molar refractivity (Wildman–Crippen MR) is 73.1 cm³/mol. The van der Waals surface area contributed by atoms with Gasteiger partial charge in [-0.3, -0.25) is 4.99 Å². The van der Waals surface area contributed by atoms with Gasteiger partial charge in [-0.1, -0.05) is 25.6 Å². The van der Waals surface area contributed by atoms with Crippen molar-refractivity contribution in [3.8, 4) is 0 Å². The maximum atomic E-state index is 13.1. The van der Waals surface area contributed by atoms with E-state index in [0.29, 0.717) is 17.6 Å². The molecule has 18 heavy (non-hydrogen) atoms. The first kappa shape index (κ1) is 13.3. The van der Waals surface area contributed by atoms with Crippen LogP contribution in [-0.4, -0.2) is 17.0 Å². The molecule has 0 aromatic heterocycles. The average Bonchev–Trinajstić information content (AvgIpc) is 2.34. The molecule has 0 aliphatic carbocycles. The lowest BCUT2D eigenvalue weighted by atomic mass is 10.0. The smallest absolute Gasteiger partial charge is 0.161 e. The van der Waals surface area contributed by atoms with Crippen LogP contribution in [0.15, 0.2) is 23.2 Å². The van der Waals surface area contributed by atoms with E-state index in [9.17, 15) is 8.78 Å². The van der Waals surface area contributed by atoms with E-state index in [2.05, 4.69) is 24.2 Å². The molecule has 98 valence electrons. The number of benzene rings is 1. The van der Waals surface area contributed by atoms with E-state index in [1.807, 2.05) is 0 Å². The summed E-state index contributed by atoms with van der Waals surface area (Å²) in [6, 6.07) is 4.09. The predicted octanol–water partition coefficient (Wildman–Crippen LogP) is 3.89. The first-order valence-electron chi connectivity index (χ1n) is 5.99. The van der Waals surface area contributed by atoms with E-state index < -0.39 is 11.6 Å². The van der Waals surface area contributed by atoms with Crippen molar-refractivity contribution >= 4 is 22.6 Å². The quantitative estimate of drug-likeness (QED) is 0.881. The average molecular weight is 270 g/mol. The standard InChI is InChI=1S/C13H16F2N2S/c1-8(2)12-5-6-18-13(17-12)16-9-3-4-10(14)11(15)7-9/h3-4,7-8,12H,5-6H2,1-2H3,(H,16,17). The SMILES string of the molecule is CC(C)C1CCSC(Nc2ccc(F)c(F)c2)=N1. The van der Waals surface area contributed by atoms with Gasteiger partial charge in [0, 0.05) is 17.5 Å². The van der Waals surface area contributed by atoms with Crippen molar-refractivity contribution in [3.05, 3.63) is 29.8 Å². The van der Waals surface area contributed by atoms with Crippen LogP contribution in [0.2, 0.25) is 0 Å². The maximum absolute atomic E-state index is 13.1. The molecule has 1 unspecified atom stereocenters. The Morgan fingerprint density at radius 1 is 1.33 bits per heavy atom. The number of anilines is 1. The van der Waals surface area contributed by atoms with Gasteiger partial charge in [-0.05, 0) is 24.5 Å². The molecule has 0 fully saturated rings. The van der Waals surface area contributed by atoms with Gasteiger partial charge >= 0.3 is 0 Å². The van der Waals surface area contributed by atoms with Crippen molar-refractivity contribution < 1.29 is 8.78 Å². The summed E-state index contributed by atoms with van der Waals surface area (Å²) >= 11 is 1.61. The number of nitrogens with zero attached hydrogens (tertiary/aromatic N) is 1. The summed E-state index contributed by atoms with van der Waals surface area (Å²) in [5.74, 6) is -0.188. The fourth-order valence-electron chi connectivity index (χ4n) is 1.78. The molecule has 5 heteroatoms. The fourth-order valence-corrected chi connectivity index (χ4v) is 2.73. The Balaban J connectivity index is 2.10. The van der Waals surface area contributed by atoms with Gasteiger partial charge in [-0.2, -0.15) is 0 Å². The highest BCUT2D eigenvalue weighted by atomic mass is 32.2. The lowest BCUT2D eigenvalue weighted by molar-refractivity contribution is 0.485. The zero-order valence-corrected chi connectivity index (χ0v) is 11.2. The molecular formula is C13H16F2N2S. The summed E-state index contributed by atoms with van der Waals surface area (Å²) in [6.07, 6.45) is 1.06. The van der Waals surface area contributed by atoms with Crippen LogP contribution < -0.4 is 5.32 Å². The Hall–Kier alpha value is -1.10. The van der Waals surface area contributed by atoms with Crippen molar-refractivity contribution in [1.82, 2.24) is 0 Å². The third-order valence-electron chi connectivity index (χ3n) is 2.88. The molecule has 0 spiro atoms. The van der Waals surface area contributed by atoms with Gasteiger partial charge in [0.1, 0.15) is 0 Å². The third-order valence-corrected chi connectivity index (χ3v) is 3.80. The molecule has 1 atom stereocenters. The molecule has 0 radical (unpaired) electrons.